The molecule has 21 heavy (non-hydrogen) atoms. The molecule has 2 heterocycles. The van der Waals surface area contributed by atoms with Gasteiger partial charge in [-0.1, -0.05) is 0 Å². The van der Waals surface area contributed by atoms with Gasteiger partial charge in [-0.3, -0.25) is 4.57 Å². The van der Waals surface area contributed by atoms with E-state index >= 15 is 0 Å². The number of aromatic amines is 1. The number of rotatable bonds is 2. The van der Waals surface area contributed by atoms with E-state index in [-0.39, 0.29) is 5.56 Å². The smallest absolute Gasteiger partial charge is 0.184 e. The van der Waals surface area contributed by atoms with Gasteiger partial charge in [0.15, 0.2) is 10.4 Å². The van der Waals surface area contributed by atoms with Crippen LogP contribution in [0.1, 0.15) is 18.2 Å². The van der Waals surface area contributed by atoms with Gasteiger partial charge in [0.05, 0.1) is 16.9 Å². The molecule has 0 spiro atoms. The summed E-state index contributed by atoms with van der Waals surface area (Å²) in [6, 6.07) is 6.08. The molecule has 0 atom stereocenters. The molecule has 0 aliphatic heterocycles. The van der Waals surface area contributed by atoms with Crippen LogP contribution in [0.5, 0.6) is 0 Å². The molecule has 0 amide bonds. The monoisotopic (exact) mass is 301 g/mol. The zero-order valence-corrected chi connectivity index (χ0v) is 12.3. The number of H-pyrrole nitrogens is 1. The fourth-order valence-electron chi connectivity index (χ4n) is 2.44. The van der Waals surface area contributed by atoms with Gasteiger partial charge in [0.25, 0.3) is 0 Å². The van der Waals surface area contributed by atoms with Crippen LogP contribution in [0.3, 0.4) is 0 Å². The molecule has 1 N–H and O–H groups in total. The third-order valence-corrected chi connectivity index (χ3v) is 3.65. The molecule has 5 nitrogen and oxygen atoms in total. The highest BCUT2D eigenvalue weighted by Crippen LogP contribution is 2.24. The Bertz CT molecular complexity index is 941. The van der Waals surface area contributed by atoms with Crippen LogP contribution in [0, 0.1) is 28.8 Å². The lowest BCUT2D eigenvalue weighted by Crippen LogP contribution is -2.05. The summed E-state index contributed by atoms with van der Waals surface area (Å²) in [5.41, 5.74) is 3.22. The van der Waals surface area contributed by atoms with Gasteiger partial charge in [-0.2, -0.15) is 10.4 Å². The van der Waals surface area contributed by atoms with E-state index in [1.165, 1.54) is 12.1 Å². The van der Waals surface area contributed by atoms with Crippen LogP contribution in [-0.4, -0.2) is 19.3 Å². The second-order valence-corrected chi connectivity index (χ2v) is 5.03. The number of aryl methyl sites for hydroxylation is 2. The van der Waals surface area contributed by atoms with E-state index in [4.69, 9.17) is 12.2 Å². The van der Waals surface area contributed by atoms with Crippen molar-refractivity contribution in [2.75, 3.05) is 0 Å². The molecule has 106 valence electrons. The predicted octanol–water partition coefficient (Wildman–Crippen LogP) is 3.22. The second-order valence-electron chi connectivity index (χ2n) is 4.64. The van der Waals surface area contributed by atoms with E-state index in [9.17, 15) is 9.65 Å². The number of halogens is 1. The highest BCUT2D eigenvalue weighted by Gasteiger charge is 2.17. The van der Waals surface area contributed by atoms with E-state index in [1.54, 1.807) is 10.6 Å². The molecule has 0 aliphatic carbocycles. The summed E-state index contributed by atoms with van der Waals surface area (Å²) in [4.78, 5) is 3.11. The minimum Gasteiger partial charge on any atom is -0.327 e. The van der Waals surface area contributed by atoms with E-state index in [1.807, 2.05) is 24.6 Å². The first-order valence-electron chi connectivity index (χ1n) is 6.45. The Morgan fingerprint density at radius 1 is 1.48 bits per heavy atom. The van der Waals surface area contributed by atoms with Crippen molar-refractivity contribution in [3.05, 3.63) is 40.0 Å². The van der Waals surface area contributed by atoms with Crippen LogP contribution >= 0.6 is 12.2 Å². The molecule has 0 radical (unpaired) electrons. The Morgan fingerprint density at radius 2 is 2.24 bits per heavy atom. The molecule has 7 heteroatoms. The van der Waals surface area contributed by atoms with Crippen molar-refractivity contribution in [1.29, 1.82) is 5.26 Å². The number of hydrogen-bond acceptors (Lipinski definition) is 3. The summed E-state index contributed by atoms with van der Waals surface area (Å²) in [6.07, 6.45) is 0. The quantitative estimate of drug-likeness (QED) is 0.739. The minimum absolute atomic E-state index is 0.230. The fraction of sp³-hybridized carbons (Fsp3) is 0.214. The van der Waals surface area contributed by atoms with E-state index < -0.39 is 5.82 Å². The summed E-state index contributed by atoms with van der Waals surface area (Å²) >= 11 is 5.36. The summed E-state index contributed by atoms with van der Waals surface area (Å²) < 4.78 is 17.3. The maximum atomic E-state index is 13.3. The SMILES string of the molecule is CCn1nc(C)c2[nH]c(=S)n(-c3ccc(F)cc3C#N)c21. The van der Waals surface area contributed by atoms with E-state index in [2.05, 4.69) is 10.1 Å². The lowest BCUT2D eigenvalue weighted by atomic mass is 10.2. The van der Waals surface area contributed by atoms with Crippen molar-refractivity contribution < 1.29 is 4.39 Å². The van der Waals surface area contributed by atoms with Crippen molar-refractivity contribution in [2.24, 2.45) is 0 Å². The molecular weight excluding hydrogens is 289 g/mol. The molecular formula is C14H12FN5S. The third-order valence-electron chi connectivity index (χ3n) is 3.37. The lowest BCUT2D eigenvalue weighted by molar-refractivity contribution is 0.626. The molecule has 0 bridgehead atoms. The van der Waals surface area contributed by atoms with Crippen molar-refractivity contribution >= 4 is 23.4 Å². The normalized spacial score (nSPS) is 11.0. The molecule has 0 aliphatic rings. The average Bonchev–Trinajstić information content (AvgIpc) is 2.96. The highest BCUT2D eigenvalue weighted by molar-refractivity contribution is 7.71. The number of nitrogens with one attached hydrogen (secondary N) is 1. The Hall–Kier alpha value is -2.46. The molecule has 2 aromatic heterocycles. The standard InChI is InChI=1S/C14H12FN5S/c1-3-19-13-12(8(2)18-19)17-14(21)20(13)11-5-4-10(15)6-9(11)7-16/h4-6H,3H2,1-2H3,(H,17,21). The van der Waals surface area contributed by atoms with E-state index in [0.29, 0.717) is 17.0 Å². The fourth-order valence-corrected chi connectivity index (χ4v) is 2.73. The Kier molecular flexibility index (Phi) is 3.11. The van der Waals surface area contributed by atoms with Crippen LogP contribution in [0.25, 0.3) is 16.9 Å². The molecule has 0 fully saturated rings. The van der Waals surface area contributed by atoms with E-state index in [0.717, 1.165) is 16.9 Å². The maximum Gasteiger partial charge on any atom is 0.184 e. The number of aromatic nitrogens is 4. The summed E-state index contributed by atoms with van der Waals surface area (Å²) in [6.45, 7) is 4.53. The van der Waals surface area contributed by atoms with Gasteiger partial charge in [-0.15, -0.1) is 0 Å². The van der Waals surface area contributed by atoms with Crippen LogP contribution in [0.4, 0.5) is 4.39 Å². The molecule has 0 saturated carbocycles. The summed E-state index contributed by atoms with van der Waals surface area (Å²) in [7, 11) is 0. The lowest BCUT2D eigenvalue weighted by Gasteiger charge is -2.08. The maximum absolute atomic E-state index is 13.3. The van der Waals surface area contributed by atoms with Crippen LogP contribution < -0.4 is 0 Å². The Balaban J connectivity index is 2.43. The summed E-state index contributed by atoms with van der Waals surface area (Å²) in [5, 5.41) is 13.7. The van der Waals surface area contributed by atoms with Gasteiger partial charge in [-0.05, 0) is 44.3 Å². The topological polar surface area (TPSA) is 62.3 Å². The summed E-state index contributed by atoms with van der Waals surface area (Å²) in [5.74, 6) is -0.450. The first-order chi connectivity index (χ1) is 10.1. The van der Waals surface area contributed by atoms with Crippen molar-refractivity contribution in [3.63, 3.8) is 0 Å². The molecule has 3 rings (SSSR count). The number of hydrogen-bond donors (Lipinski definition) is 1. The van der Waals surface area contributed by atoms with Gasteiger partial charge < -0.3 is 4.98 Å². The zero-order valence-electron chi connectivity index (χ0n) is 11.5. The molecule has 0 unspecified atom stereocenters. The van der Waals surface area contributed by atoms with Crippen molar-refractivity contribution in [2.45, 2.75) is 20.4 Å². The van der Waals surface area contributed by atoms with Gasteiger partial charge in [-0.25, -0.2) is 9.07 Å². The first-order valence-corrected chi connectivity index (χ1v) is 6.85. The van der Waals surface area contributed by atoms with Gasteiger partial charge in [0, 0.05) is 6.54 Å². The largest absolute Gasteiger partial charge is 0.327 e. The third kappa shape index (κ3) is 1.96. The van der Waals surface area contributed by atoms with Crippen LogP contribution in [-0.2, 0) is 6.54 Å². The van der Waals surface area contributed by atoms with Gasteiger partial charge in [0.2, 0.25) is 0 Å². The minimum atomic E-state index is -0.450. The van der Waals surface area contributed by atoms with Crippen LogP contribution in [0.2, 0.25) is 0 Å². The second kappa shape index (κ2) is 4.82. The zero-order chi connectivity index (χ0) is 15.1. The number of benzene rings is 1. The average molecular weight is 301 g/mol. The Morgan fingerprint density at radius 3 is 2.90 bits per heavy atom. The number of fused-ring (bicyclic) bond motifs is 1. The number of nitriles is 1. The first kappa shape index (κ1) is 13.5. The van der Waals surface area contributed by atoms with Crippen molar-refractivity contribution in [3.8, 4) is 11.8 Å². The predicted molar refractivity (Wildman–Crippen MR) is 79.3 cm³/mol. The number of imidazole rings is 1. The van der Waals surface area contributed by atoms with Crippen molar-refractivity contribution in [1.82, 2.24) is 19.3 Å². The Labute approximate surface area is 125 Å². The van der Waals surface area contributed by atoms with Gasteiger partial charge >= 0.3 is 0 Å². The van der Waals surface area contributed by atoms with Crippen LogP contribution in [0.15, 0.2) is 18.2 Å². The van der Waals surface area contributed by atoms with Gasteiger partial charge in [0.1, 0.15) is 17.4 Å². The molecule has 0 saturated heterocycles. The highest BCUT2D eigenvalue weighted by atomic mass is 32.1. The number of nitrogens with zero attached hydrogens (tertiary/aromatic N) is 4. The molecule has 3 aromatic rings. The molecule has 1 aromatic carbocycles.